The number of rotatable bonds is 4. The lowest BCUT2D eigenvalue weighted by Crippen LogP contribution is -2.48. The topological polar surface area (TPSA) is 79.5 Å². The van der Waals surface area contributed by atoms with E-state index < -0.39 is 10.0 Å². The molecule has 0 amide bonds. The van der Waals surface area contributed by atoms with Crippen molar-refractivity contribution in [2.75, 3.05) is 26.2 Å². The summed E-state index contributed by atoms with van der Waals surface area (Å²) in [6.07, 6.45) is 0. The summed E-state index contributed by atoms with van der Waals surface area (Å²) in [6.45, 7) is 4.19. The number of sulfonamides is 1. The SMILES string of the molecule is Cc1nnc(CN2CCN(S(=O)(=O)c3ccc(Cl)c(Cl)c3)CC2)o1. The summed E-state index contributed by atoms with van der Waals surface area (Å²) in [7, 11) is -3.58. The minimum Gasteiger partial charge on any atom is -0.424 e. The van der Waals surface area contributed by atoms with Crippen molar-refractivity contribution in [3.8, 4) is 0 Å². The molecule has 10 heteroatoms. The van der Waals surface area contributed by atoms with E-state index in [9.17, 15) is 8.42 Å². The average molecular weight is 391 g/mol. The van der Waals surface area contributed by atoms with Gasteiger partial charge in [-0.2, -0.15) is 4.31 Å². The highest BCUT2D eigenvalue weighted by Gasteiger charge is 2.29. The van der Waals surface area contributed by atoms with E-state index in [0.717, 1.165) is 0 Å². The van der Waals surface area contributed by atoms with Crippen LogP contribution in [-0.4, -0.2) is 54.0 Å². The summed E-state index contributed by atoms with van der Waals surface area (Å²) in [5.74, 6) is 1.05. The van der Waals surface area contributed by atoms with Gasteiger partial charge in [0.2, 0.25) is 21.8 Å². The van der Waals surface area contributed by atoms with Crippen LogP contribution in [0.15, 0.2) is 27.5 Å². The van der Waals surface area contributed by atoms with Crippen molar-refractivity contribution in [3.05, 3.63) is 40.0 Å². The molecule has 0 radical (unpaired) electrons. The molecule has 1 saturated heterocycles. The minimum absolute atomic E-state index is 0.151. The van der Waals surface area contributed by atoms with Gasteiger partial charge in [-0.25, -0.2) is 8.42 Å². The molecule has 1 aromatic carbocycles. The number of nitrogens with zero attached hydrogens (tertiary/aromatic N) is 4. The lowest BCUT2D eigenvalue weighted by atomic mass is 10.3. The van der Waals surface area contributed by atoms with Crippen LogP contribution in [0.2, 0.25) is 10.0 Å². The van der Waals surface area contributed by atoms with Gasteiger partial charge in [-0.1, -0.05) is 23.2 Å². The first-order chi connectivity index (χ1) is 11.4. The molecule has 0 aliphatic carbocycles. The molecule has 1 fully saturated rings. The molecule has 0 spiro atoms. The minimum atomic E-state index is -3.58. The van der Waals surface area contributed by atoms with Crippen LogP contribution >= 0.6 is 23.2 Å². The van der Waals surface area contributed by atoms with Crippen molar-refractivity contribution in [3.63, 3.8) is 0 Å². The summed E-state index contributed by atoms with van der Waals surface area (Å²) in [6, 6.07) is 4.34. The number of hydrogen-bond donors (Lipinski definition) is 0. The molecule has 2 heterocycles. The Morgan fingerprint density at radius 3 is 2.42 bits per heavy atom. The van der Waals surface area contributed by atoms with Gasteiger partial charge in [-0.3, -0.25) is 4.90 Å². The van der Waals surface area contributed by atoms with Crippen LogP contribution in [0.5, 0.6) is 0 Å². The Morgan fingerprint density at radius 1 is 1.12 bits per heavy atom. The van der Waals surface area contributed by atoms with Crippen molar-refractivity contribution in [2.45, 2.75) is 18.4 Å². The van der Waals surface area contributed by atoms with Gasteiger partial charge in [0, 0.05) is 33.1 Å². The Morgan fingerprint density at radius 2 is 1.83 bits per heavy atom. The quantitative estimate of drug-likeness (QED) is 0.795. The smallest absolute Gasteiger partial charge is 0.243 e. The van der Waals surface area contributed by atoms with Crippen molar-refractivity contribution in [2.24, 2.45) is 0 Å². The van der Waals surface area contributed by atoms with E-state index in [4.69, 9.17) is 27.6 Å². The van der Waals surface area contributed by atoms with Gasteiger partial charge in [0.1, 0.15) is 0 Å². The number of piperazine rings is 1. The molecule has 1 aromatic heterocycles. The summed E-state index contributed by atoms with van der Waals surface area (Å²) in [5, 5.41) is 8.30. The molecule has 1 aliphatic rings. The van der Waals surface area contributed by atoms with E-state index in [1.165, 1.54) is 22.5 Å². The van der Waals surface area contributed by atoms with Crippen LogP contribution in [0, 0.1) is 6.92 Å². The van der Waals surface area contributed by atoms with Gasteiger partial charge < -0.3 is 4.42 Å². The third-order valence-electron chi connectivity index (χ3n) is 3.79. The molecule has 3 rings (SSSR count). The molecule has 0 atom stereocenters. The van der Waals surface area contributed by atoms with E-state index in [-0.39, 0.29) is 9.92 Å². The van der Waals surface area contributed by atoms with Crippen LogP contribution in [0.1, 0.15) is 11.8 Å². The van der Waals surface area contributed by atoms with Crippen molar-refractivity contribution < 1.29 is 12.8 Å². The monoisotopic (exact) mass is 390 g/mol. The second-order valence-corrected chi connectivity index (χ2v) is 8.22. The summed E-state index contributed by atoms with van der Waals surface area (Å²) >= 11 is 11.8. The van der Waals surface area contributed by atoms with Gasteiger partial charge in [0.05, 0.1) is 21.5 Å². The van der Waals surface area contributed by atoms with E-state index in [1.54, 1.807) is 6.92 Å². The standard InChI is InChI=1S/C14H16Cl2N4O3S/c1-10-17-18-14(23-10)9-19-4-6-20(7-5-19)24(21,22)11-2-3-12(15)13(16)8-11/h2-3,8H,4-7,9H2,1H3. The first-order valence-corrected chi connectivity index (χ1v) is 9.52. The highest BCUT2D eigenvalue weighted by molar-refractivity contribution is 7.89. The predicted octanol–water partition coefficient (Wildman–Crippen LogP) is 2.19. The van der Waals surface area contributed by atoms with Crippen LogP contribution in [-0.2, 0) is 16.6 Å². The normalized spacial score (nSPS) is 17.3. The zero-order valence-corrected chi connectivity index (χ0v) is 15.3. The zero-order chi connectivity index (χ0) is 17.3. The van der Waals surface area contributed by atoms with E-state index in [2.05, 4.69) is 15.1 Å². The molecule has 130 valence electrons. The summed E-state index contributed by atoms with van der Waals surface area (Å²) < 4.78 is 32.2. The van der Waals surface area contributed by atoms with Crippen molar-refractivity contribution in [1.29, 1.82) is 0 Å². The molecule has 0 unspecified atom stereocenters. The van der Waals surface area contributed by atoms with Gasteiger partial charge >= 0.3 is 0 Å². The Balaban J connectivity index is 1.65. The molecule has 0 N–H and O–H groups in total. The van der Waals surface area contributed by atoms with E-state index in [0.29, 0.717) is 49.5 Å². The lowest BCUT2D eigenvalue weighted by Gasteiger charge is -2.33. The third kappa shape index (κ3) is 3.73. The molecular weight excluding hydrogens is 375 g/mol. The molecule has 1 aliphatic heterocycles. The number of halogens is 2. The van der Waals surface area contributed by atoms with Gasteiger partial charge in [0.25, 0.3) is 0 Å². The third-order valence-corrected chi connectivity index (χ3v) is 6.42. The van der Waals surface area contributed by atoms with Crippen LogP contribution in [0.3, 0.4) is 0 Å². The maximum Gasteiger partial charge on any atom is 0.243 e. The molecule has 0 bridgehead atoms. The predicted molar refractivity (Wildman–Crippen MR) is 89.5 cm³/mol. The Hall–Kier alpha value is -1.19. The number of benzene rings is 1. The first kappa shape index (κ1) is 17.6. The highest BCUT2D eigenvalue weighted by Crippen LogP contribution is 2.27. The fourth-order valence-corrected chi connectivity index (χ4v) is 4.32. The largest absolute Gasteiger partial charge is 0.424 e. The molecule has 0 saturated carbocycles. The molecule has 24 heavy (non-hydrogen) atoms. The fraction of sp³-hybridized carbons (Fsp3) is 0.429. The maximum absolute atomic E-state index is 12.7. The molecular formula is C14H16Cl2N4O3S. The Kier molecular flexibility index (Phi) is 5.12. The number of hydrogen-bond acceptors (Lipinski definition) is 6. The Bertz CT molecular complexity index is 832. The highest BCUT2D eigenvalue weighted by atomic mass is 35.5. The average Bonchev–Trinajstić information content (AvgIpc) is 2.95. The van der Waals surface area contributed by atoms with E-state index >= 15 is 0 Å². The van der Waals surface area contributed by atoms with Crippen molar-refractivity contribution >= 4 is 33.2 Å². The molecule has 2 aromatic rings. The second kappa shape index (κ2) is 6.97. The van der Waals surface area contributed by atoms with Gasteiger partial charge in [-0.05, 0) is 18.2 Å². The van der Waals surface area contributed by atoms with Crippen LogP contribution in [0.25, 0.3) is 0 Å². The second-order valence-electron chi connectivity index (χ2n) is 5.47. The van der Waals surface area contributed by atoms with Crippen molar-refractivity contribution in [1.82, 2.24) is 19.4 Å². The van der Waals surface area contributed by atoms with Gasteiger partial charge in [0.15, 0.2) is 0 Å². The van der Waals surface area contributed by atoms with Crippen LogP contribution in [0.4, 0.5) is 0 Å². The van der Waals surface area contributed by atoms with Crippen LogP contribution < -0.4 is 0 Å². The summed E-state index contributed by atoms with van der Waals surface area (Å²) in [4.78, 5) is 2.23. The van der Waals surface area contributed by atoms with Gasteiger partial charge in [-0.15, -0.1) is 10.2 Å². The zero-order valence-electron chi connectivity index (χ0n) is 12.9. The number of aromatic nitrogens is 2. The fourth-order valence-electron chi connectivity index (χ4n) is 2.51. The summed E-state index contributed by atoms with van der Waals surface area (Å²) in [5.41, 5.74) is 0. The molecule has 7 nitrogen and oxygen atoms in total. The number of aryl methyl sites for hydroxylation is 1. The lowest BCUT2D eigenvalue weighted by molar-refractivity contribution is 0.167. The first-order valence-electron chi connectivity index (χ1n) is 7.33. The van der Waals surface area contributed by atoms with E-state index in [1.807, 2.05) is 0 Å². The maximum atomic E-state index is 12.7. The Labute approximate surface area is 150 Å².